The summed E-state index contributed by atoms with van der Waals surface area (Å²) in [4.78, 5) is 3.06. The van der Waals surface area contributed by atoms with E-state index in [1.807, 2.05) is 30.5 Å². The van der Waals surface area contributed by atoms with Gasteiger partial charge in [0.15, 0.2) is 0 Å². The molecule has 0 saturated heterocycles. The van der Waals surface area contributed by atoms with Gasteiger partial charge in [0, 0.05) is 0 Å². The van der Waals surface area contributed by atoms with Gasteiger partial charge in [-0.3, -0.25) is 9.11 Å². The van der Waals surface area contributed by atoms with Crippen LogP contribution < -0.4 is 0 Å². The maximum absolute atomic E-state index is 10.7. The third kappa shape index (κ3) is 9.40. The van der Waals surface area contributed by atoms with Gasteiger partial charge >= 0.3 is 48.3 Å². The molecule has 0 aliphatic heterocycles. The van der Waals surface area contributed by atoms with E-state index < -0.39 is 31.3 Å². The van der Waals surface area contributed by atoms with E-state index >= 15 is 0 Å². The molecule has 16 heteroatoms. The van der Waals surface area contributed by atoms with E-state index in [0.717, 1.165) is 10.9 Å². The smallest absolute Gasteiger partial charge is 0.424 e. The summed E-state index contributed by atoms with van der Waals surface area (Å²) in [5, 5.41) is 1.15. The number of para-hydroxylation sites is 1. The van der Waals surface area contributed by atoms with Crippen molar-refractivity contribution < 1.29 is 69.4 Å². The Morgan fingerprint density at radius 1 is 0.846 bits per heavy atom. The van der Waals surface area contributed by atoms with Crippen LogP contribution in [0.15, 0.2) is 30.5 Å². The summed E-state index contributed by atoms with van der Waals surface area (Å²) in [5.74, 6) is 0. The molecule has 0 aliphatic rings. The second kappa shape index (κ2) is 9.57. The molecule has 2 aromatic rings. The first kappa shape index (κ1) is 26.9. The molecule has 0 aliphatic carbocycles. The molecule has 1 heterocycles. The van der Waals surface area contributed by atoms with Gasteiger partial charge in [0.25, 0.3) is 0 Å². The van der Waals surface area contributed by atoms with Crippen molar-refractivity contribution >= 4 is 31.1 Å². The van der Waals surface area contributed by atoms with E-state index in [2.05, 4.69) is 11.1 Å². The number of nitrogens with one attached hydrogen (secondary N) is 1. The number of H-pyrrole nitrogens is 1. The zero-order valence-electron chi connectivity index (χ0n) is 11.8. The standard InChI is InChI=1S/C8H6N.2CHF3O3S.Cu/c1-2-4-8-7(3-1)5-6-9-8;2*2-1(3,4)8(5,6)7;/h1-4,6,9H;2*(H,5,6,7);/q-1;;;+1. The Morgan fingerprint density at radius 3 is 1.50 bits per heavy atom. The van der Waals surface area contributed by atoms with Gasteiger partial charge in [-0.1, -0.05) is 23.8 Å². The fourth-order valence-corrected chi connectivity index (χ4v) is 0.926. The monoisotopic (exact) mass is 479 g/mol. The van der Waals surface area contributed by atoms with Crippen molar-refractivity contribution in [3.8, 4) is 0 Å². The van der Waals surface area contributed by atoms with Crippen LogP contribution in [0.25, 0.3) is 10.9 Å². The molecule has 26 heavy (non-hydrogen) atoms. The van der Waals surface area contributed by atoms with E-state index in [1.165, 1.54) is 0 Å². The zero-order valence-corrected chi connectivity index (χ0v) is 14.4. The molecule has 7 nitrogen and oxygen atoms in total. The maximum Gasteiger partial charge on any atom is 1.00 e. The summed E-state index contributed by atoms with van der Waals surface area (Å²) in [5.41, 5.74) is -9.92. The molecule has 0 saturated carbocycles. The minimum absolute atomic E-state index is 0. The minimum atomic E-state index is -5.84. The summed E-state index contributed by atoms with van der Waals surface area (Å²) < 4.78 is 115. The molecule has 0 bridgehead atoms. The van der Waals surface area contributed by atoms with Gasteiger partial charge < -0.3 is 4.98 Å². The van der Waals surface area contributed by atoms with Crippen molar-refractivity contribution in [1.82, 2.24) is 4.98 Å². The first-order valence-corrected chi connectivity index (χ1v) is 8.36. The molecule has 0 amide bonds. The number of fused-ring (bicyclic) bond motifs is 1. The average molecular weight is 480 g/mol. The van der Waals surface area contributed by atoms with Crippen molar-refractivity contribution in [1.29, 1.82) is 0 Å². The van der Waals surface area contributed by atoms with Crippen molar-refractivity contribution in [2.75, 3.05) is 0 Å². The van der Waals surface area contributed by atoms with E-state index in [0.29, 0.717) is 0 Å². The van der Waals surface area contributed by atoms with E-state index in [1.54, 1.807) is 0 Å². The molecule has 3 N–H and O–H groups in total. The number of halogens is 6. The van der Waals surface area contributed by atoms with E-state index in [9.17, 15) is 26.3 Å². The quantitative estimate of drug-likeness (QED) is 0.175. The van der Waals surface area contributed by atoms with Crippen molar-refractivity contribution in [3.63, 3.8) is 0 Å². The second-order valence-electron chi connectivity index (χ2n) is 3.82. The van der Waals surface area contributed by atoms with Crippen molar-refractivity contribution in [2.45, 2.75) is 11.0 Å². The van der Waals surface area contributed by atoms with Gasteiger partial charge in [-0.2, -0.15) is 60.7 Å². The summed E-state index contributed by atoms with van der Waals surface area (Å²) in [7, 11) is -11.7. The molecular formula is C10H8CuF6NO6S2. The number of hydrogen-bond donors (Lipinski definition) is 3. The summed E-state index contributed by atoms with van der Waals surface area (Å²) in [6.45, 7) is 0. The molecule has 2 rings (SSSR count). The third-order valence-electron chi connectivity index (χ3n) is 1.97. The molecule has 1 aromatic carbocycles. The Hall–Kier alpha value is -1.32. The summed E-state index contributed by atoms with van der Waals surface area (Å²) in [6, 6.07) is 11.1. The van der Waals surface area contributed by atoms with E-state index in [4.69, 9.17) is 25.9 Å². The molecule has 154 valence electrons. The largest absolute Gasteiger partial charge is 1.00 e. The normalized spacial score (nSPS) is 12.2. The van der Waals surface area contributed by atoms with Crippen molar-refractivity contribution in [3.05, 3.63) is 36.5 Å². The van der Waals surface area contributed by atoms with Crippen LogP contribution in [0.4, 0.5) is 26.3 Å². The fourth-order valence-electron chi connectivity index (χ4n) is 0.926. The zero-order chi connectivity index (χ0) is 20.1. The Kier molecular flexibility index (Phi) is 9.90. The minimum Gasteiger partial charge on any atom is -0.424 e. The number of aromatic amines is 1. The van der Waals surface area contributed by atoms with E-state index in [-0.39, 0.29) is 17.1 Å². The van der Waals surface area contributed by atoms with Crippen LogP contribution in [0.1, 0.15) is 0 Å². The molecule has 1 aromatic heterocycles. The Labute approximate surface area is 153 Å². The summed E-state index contributed by atoms with van der Waals surface area (Å²) >= 11 is 0. The van der Waals surface area contributed by atoms with Gasteiger partial charge in [-0.15, -0.1) is 6.07 Å². The second-order valence-corrected chi connectivity index (χ2v) is 6.65. The van der Waals surface area contributed by atoms with Crippen LogP contribution >= 0.6 is 0 Å². The first-order valence-electron chi connectivity index (χ1n) is 5.48. The number of aromatic nitrogens is 1. The van der Waals surface area contributed by atoms with Crippen molar-refractivity contribution in [2.24, 2.45) is 0 Å². The van der Waals surface area contributed by atoms with Crippen LogP contribution in [0.5, 0.6) is 0 Å². The van der Waals surface area contributed by atoms with Gasteiger partial charge in [0.2, 0.25) is 0 Å². The molecule has 0 unspecified atom stereocenters. The number of alkyl halides is 6. The third-order valence-corrected chi connectivity index (χ3v) is 3.14. The Bertz CT molecular complexity index is 818. The molecule has 0 atom stereocenters. The molecular weight excluding hydrogens is 472 g/mol. The molecule has 0 fully saturated rings. The van der Waals surface area contributed by atoms with Crippen LogP contribution in [0.2, 0.25) is 0 Å². The topological polar surface area (TPSA) is 125 Å². The molecule has 0 radical (unpaired) electrons. The SMILES string of the molecule is O=S(=O)(O)C(F)(F)F.O=S(=O)(O)C(F)(F)F.[Cu+].[c-]1c[nH]c2ccccc12. The average Bonchev–Trinajstić information content (AvgIpc) is 2.83. The first-order chi connectivity index (χ1) is 11.0. The van der Waals surface area contributed by atoms with Gasteiger partial charge in [0.1, 0.15) is 0 Å². The van der Waals surface area contributed by atoms with Crippen LogP contribution in [-0.4, -0.2) is 41.9 Å². The number of benzene rings is 1. The van der Waals surface area contributed by atoms with Gasteiger partial charge in [0.05, 0.1) is 0 Å². The maximum atomic E-state index is 10.7. The predicted octanol–water partition coefficient (Wildman–Crippen LogP) is 2.75. The summed E-state index contributed by atoms with van der Waals surface area (Å²) in [6.07, 6.45) is 1.82. The Balaban J connectivity index is 0. The van der Waals surface area contributed by atoms with Crippen LogP contribution in [-0.2, 0) is 37.3 Å². The predicted molar refractivity (Wildman–Crippen MR) is 72.3 cm³/mol. The number of rotatable bonds is 0. The van der Waals surface area contributed by atoms with Crippen LogP contribution in [0.3, 0.4) is 0 Å². The van der Waals surface area contributed by atoms with Crippen LogP contribution in [0, 0.1) is 6.07 Å². The molecule has 0 spiro atoms. The number of hydrogen-bond acceptors (Lipinski definition) is 4. The fraction of sp³-hybridized carbons (Fsp3) is 0.200. The van der Waals surface area contributed by atoms with Gasteiger partial charge in [-0.25, -0.2) is 0 Å². The Morgan fingerprint density at radius 2 is 1.19 bits per heavy atom. The van der Waals surface area contributed by atoms with Gasteiger partial charge in [-0.05, 0) is 0 Å².